The average Bonchev–Trinajstić information content (AvgIpc) is 2.73. The summed E-state index contributed by atoms with van der Waals surface area (Å²) in [5.74, 6) is -0.448. The molecule has 1 aliphatic heterocycles. The zero-order valence-electron chi connectivity index (χ0n) is 10.3. The van der Waals surface area contributed by atoms with Crippen LogP contribution in [-0.2, 0) is 19.7 Å². The second-order valence-electron chi connectivity index (χ2n) is 4.53. The van der Waals surface area contributed by atoms with E-state index >= 15 is 0 Å². The van der Waals surface area contributed by atoms with Gasteiger partial charge in [0, 0.05) is 11.8 Å². The Morgan fingerprint density at radius 3 is 2.45 bits per heavy atom. The van der Waals surface area contributed by atoms with Gasteiger partial charge in [-0.3, -0.25) is 0 Å². The Bertz CT molecular complexity index is 858. The molecule has 0 spiro atoms. The molecule has 1 aliphatic rings. The number of hydrogen-bond acceptors (Lipinski definition) is 5. The molecule has 0 fully saturated rings. The largest absolute Gasteiger partial charge is 0.244 e. The Morgan fingerprint density at radius 2 is 1.75 bits per heavy atom. The summed E-state index contributed by atoms with van der Waals surface area (Å²) in [6, 6.07) is 10.9. The number of rotatable bonds is 2. The Hall–Kier alpha value is -1.73. The highest BCUT2D eigenvalue weighted by Crippen LogP contribution is 2.39. The van der Waals surface area contributed by atoms with Crippen LogP contribution in [-0.4, -0.2) is 27.6 Å². The molecule has 0 saturated heterocycles. The van der Waals surface area contributed by atoms with Crippen molar-refractivity contribution < 1.29 is 16.8 Å². The van der Waals surface area contributed by atoms with E-state index in [1.807, 2.05) is 0 Å². The number of nitrogens with zero attached hydrogens (tertiary/aromatic N) is 1. The van der Waals surface area contributed by atoms with Gasteiger partial charge in [0.1, 0.15) is 5.25 Å². The van der Waals surface area contributed by atoms with E-state index in [-0.39, 0.29) is 15.5 Å². The summed E-state index contributed by atoms with van der Waals surface area (Å²) in [7, 11) is -7.38. The predicted octanol–water partition coefficient (Wildman–Crippen LogP) is 1.38. The van der Waals surface area contributed by atoms with Crippen LogP contribution in [0.2, 0.25) is 0 Å². The minimum Gasteiger partial charge on any atom is -0.244 e. The van der Waals surface area contributed by atoms with E-state index in [1.165, 1.54) is 24.4 Å². The van der Waals surface area contributed by atoms with Crippen molar-refractivity contribution >= 4 is 19.7 Å². The van der Waals surface area contributed by atoms with Gasteiger partial charge in [-0.1, -0.05) is 24.3 Å². The van der Waals surface area contributed by atoms with E-state index in [9.17, 15) is 16.8 Å². The molecule has 2 heterocycles. The lowest BCUT2D eigenvalue weighted by atomic mass is 10.2. The molecule has 1 aromatic carbocycles. The minimum atomic E-state index is -3.74. The molecule has 1 atom stereocenters. The first-order chi connectivity index (χ1) is 9.43. The van der Waals surface area contributed by atoms with Gasteiger partial charge in [0.05, 0.1) is 10.6 Å². The lowest BCUT2D eigenvalue weighted by Crippen LogP contribution is -2.15. The van der Waals surface area contributed by atoms with Crippen molar-refractivity contribution in [1.82, 2.24) is 4.98 Å². The van der Waals surface area contributed by atoms with Gasteiger partial charge in [-0.05, 0) is 18.2 Å². The monoisotopic (exact) mass is 309 g/mol. The summed E-state index contributed by atoms with van der Waals surface area (Å²) in [5, 5.41) is -1.21. The summed E-state index contributed by atoms with van der Waals surface area (Å²) in [5.41, 5.74) is 0.261. The molecule has 0 radical (unpaired) electrons. The van der Waals surface area contributed by atoms with E-state index < -0.39 is 30.7 Å². The van der Waals surface area contributed by atoms with Gasteiger partial charge in [-0.15, -0.1) is 0 Å². The fraction of sp³-hybridized carbons (Fsp3) is 0.154. The van der Waals surface area contributed by atoms with E-state index in [4.69, 9.17) is 0 Å². The summed E-state index contributed by atoms with van der Waals surface area (Å²) >= 11 is 0. The Balaban J connectivity index is 2.19. The smallest absolute Gasteiger partial charge is 0.197 e. The first-order valence-electron chi connectivity index (χ1n) is 5.89. The molecule has 104 valence electrons. The maximum absolute atomic E-state index is 12.6. The van der Waals surface area contributed by atoms with Gasteiger partial charge < -0.3 is 0 Å². The van der Waals surface area contributed by atoms with Crippen LogP contribution in [0.25, 0.3) is 0 Å². The van der Waals surface area contributed by atoms with Crippen molar-refractivity contribution in [3.63, 3.8) is 0 Å². The molecule has 0 saturated carbocycles. The molecule has 0 N–H and O–H groups in total. The standard InChI is InChI=1S/C13H11NO4S2/c15-19(16)9-12(11-7-4-8-14-13(11)19)20(17,18)10-5-2-1-3-6-10/h1-8,12H,9H2. The van der Waals surface area contributed by atoms with Crippen molar-refractivity contribution in [2.24, 2.45) is 0 Å². The number of aromatic nitrogens is 1. The quantitative estimate of drug-likeness (QED) is 0.837. The SMILES string of the molecule is O=S1(=O)CC(S(=O)(=O)c2ccccc2)c2cccnc21. The van der Waals surface area contributed by atoms with Crippen LogP contribution in [0.15, 0.2) is 58.6 Å². The third-order valence-corrected chi connectivity index (χ3v) is 7.27. The molecule has 5 nitrogen and oxygen atoms in total. The van der Waals surface area contributed by atoms with Crippen LogP contribution in [0.4, 0.5) is 0 Å². The first-order valence-corrected chi connectivity index (χ1v) is 9.09. The van der Waals surface area contributed by atoms with Crippen LogP contribution in [0.1, 0.15) is 10.8 Å². The van der Waals surface area contributed by atoms with E-state index in [0.717, 1.165) is 0 Å². The van der Waals surface area contributed by atoms with Crippen molar-refractivity contribution in [3.05, 3.63) is 54.2 Å². The molecule has 1 unspecified atom stereocenters. The number of pyridine rings is 1. The highest BCUT2D eigenvalue weighted by Gasteiger charge is 2.43. The highest BCUT2D eigenvalue weighted by atomic mass is 32.2. The van der Waals surface area contributed by atoms with Crippen LogP contribution in [0.3, 0.4) is 0 Å². The summed E-state index contributed by atoms with van der Waals surface area (Å²) in [4.78, 5) is 3.94. The predicted molar refractivity (Wildman–Crippen MR) is 72.7 cm³/mol. The average molecular weight is 309 g/mol. The minimum absolute atomic E-state index is 0.121. The van der Waals surface area contributed by atoms with Crippen LogP contribution < -0.4 is 0 Å². The second-order valence-corrected chi connectivity index (χ2v) is 8.61. The molecule has 0 bridgehead atoms. The first kappa shape index (κ1) is 13.3. The van der Waals surface area contributed by atoms with Crippen molar-refractivity contribution in [2.75, 3.05) is 5.75 Å². The van der Waals surface area contributed by atoms with Crippen LogP contribution in [0, 0.1) is 0 Å². The molecule has 0 amide bonds. The number of benzene rings is 1. The zero-order valence-corrected chi connectivity index (χ0v) is 11.9. The Kier molecular flexibility index (Phi) is 2.91. The lowest BCUT2D eigenvalue weighted by Gasteiger charge is -2.11. The molecule has 3 rings (SSSR count). The molecular weight excluding hydrogens is 298 g/mol. The number of sulfone groups is 2. The van der Waals surface area contributed by atoms with E-state index in [2.05, 4.69) is 4.98 Å². The third kappa shape index (κ3) is 1.94. The lowest BCUT2D eigenvalue weighted by molar-refractivity contribution is 0.582. The van der Waals surface area contributed by atoms with E-state index in [1.54, 1.807) is 24.3 Å². The van der Waals surface area contributed by atoms with Gasteiger partial charge in [0.25, 0.3) is 0 Å². The molecular formula is C13H11NO4S2. The van der Waals surface area contributed by atoms with E-state index in [0.29, 0.717) is 0 Å². The third-order valence-electron chi connectivity index (χ3n) is 3.26. The molecule has 20 heavy (non-hydrogen) atoms. The maximum Gasteiger partial charge on any atom is 0.197 e. The normalized spacial score (nSPS) is 20.5. The van der Waals surface area contributed by atoms with Crippen molar-refractivity contribution in [3.8, 4) is 0 Å². The second kappa shape index (κ2) is 4.39. The van der Waals surface area contributed by atoms with Gasteiger partial charge in [0.2, 0.25) is 0 Å². The topological polar surface area (TPSA) is 81.2 Å². The molecule has 1 aromatic heterocycles. The Labute approximate surface area is 117 Å². The van der Waals surface area contributed by atoms with Crippen LogP contribution >= 0.6 is 0 Å². The highest BCUT2D eigenvalue weighted by molar-refractivity contribution is 7.96. The fourth-order valence-corrected chi connectivity index (χ4v) is 6.55. The van der Waals surface area contributed by atoms with Gasteiger partial charge in [-0.25, -0.2) is 21.8 Å². The number of fused-ring (bicyclic) bond motifs is 1. The van der Waals surface area contributed by atoms with Gasteiger partial charge in [0.15, 0.2) is 24.7 Å². The molecule has 2 aromatic rings. The van der Waals surface area contributed by atoms with Gasteiger partial charge >= 0.3 is 0 Å². The van der Waals surface area contributed by atoms with Crippen LogP contribution in [0.5, 0.6) is 0 Å². The summed E-state index contributed by atoms with van der Waals surface area (Å²) < 4.78 is 49.2. The summed E-state index contributed by atoms with van der Waals surface area (Å²) in [6.45, 7) is 0. The van der Waals surface area contributed by atoms with Crippen molar-refractivity contribution in [1.29, 1.82) is 0 Å². The Morgan fingerprint density at radius 1 is 1.05 bits per heavy atom. The molecule has 0 aliphatic carbocycles. The van der Waals surface area contributed by atoms with Crippen molar-refractivity contribution in [2.45, 2.75) is 15.2 Å². The fourth-order valence-electron chi connectivity index (χ4n) is 2.31. The van der Waals surface area contributed by atoms with Gasteiger partial charge in [-0.2, -0.15) is 0 Å². The maximum atomic E-state index is 12.6. The summed E-state index contributed by atoms with van der Waals surface area (Å²) in [6.07, 6.45) is 1.36. The number of hydrogen-bond donors (Lipinski definition) is 0. The molecule has 7 heteroatoms. The zero-order chi connectivity index (χ0) is 14.4.